The lowest BCUT2D eigenvalue weighted by atomic mass is 9.99. The Labute approximate surface area is 140 Å². The Kier molecular flexibility index (Phi) is 4.99. The van der Waals surface area contributed by atoms with Crippen LogP contribution in [0.15, 0.2) is 47.6 Å². The van der Waals surface area contributed by atoms with Gasteiger partial charge in [-0.25, -0.2) is 8.78 Å². The third kappa shape index (κ3) is 4.58. The molecule has 0 unspecified atom stereocenters. The van der Waals surface area contributed by atoms with Crippen molar-refractivity contribution in [2.24, 2.45) is 10.7 Å². The second-order valence-electron chi connectivity index (χ2n) is 6.28. The zero-order chi connectivity index (χ0) is 18.0. The molecule has 6 heteroatoms. The maximum absolute atomic E-state index is 13.2. The van der Waals surface area contributed by atoms with Crippen LogP contribution in [-0.4, -0.2) is 15.9 Å². The molecule has 24 heavy (non-hydrogen) atoms. The van der Waals surface area contributed by atoms with Gasteiger partial charge in [0.2, 0.25) is 0 Å². The molecule has 0 aliphatic heterocycles. The average molecular weight is 333 g/mol. The minimum absolute atomic E-state index is 0.0391. The molecule has 0 radical (unpaired) electrons. The molecule has 3 N–H and O–H groups in total. The number of nitrogens with two attached hydrogens (primary N) is 1. The van der Waals surface area contributed by atoms with Crippen LogP contribution in [0.4, 0.5) is 8.78 Å². The number of benzene rings is 1. The van der Waals surface area contributed by atoms with Gasteiger partial charge in [-0.1, -0.05) is 24.3 Å². The van der Waals surface area contributed by atoms with E-state index in [-0.39, 0.29) is 17.9 Å². The molecule has 4 nitrogen and oxygen atoms in total. The van der Waals surface area contributed by atoms with Gasteiger partial charge in [-0.15, -0.1) is 0 Å². The highest BCUT2D eigenvalue weighted by Gasteiger charge is 2.23. The van der Waals surface area contributed by atoms with Gasteiger partial charge in [0.05, 0.1) is 12.1 Å². The maximum atomic E-state index is 13.2. The van der Waals surface area contributed by atoms with Crippen molar-refractivity contribution in [2.75, 3.05) is 0 Å². The number of hydrogen-bond acceptors (Lipinski definition) is 3. The van der Waals surface area contributed by atoms with Crippen molar-refractivity contribution in [3.63, 3.8) is 0 Å². The zero-order valence-corrected chi connectivity index (χ0v) is 13.9. The van der Waals surface area contributed by atoms with E-state index in [1.807, 2.05) is 0 Å². The number of aliphatic hydroxyl groups is 1. The second kappa shape index (κ2) is 6.65. The fourth-order valence-corrected chi connectivity index (χ4v) is 2.11. The summed E-state index contributed by atoms with van der Waals surface area (Å²) in [6.45, 7) is 4.46. The number of hydrogen-bond donors (Lipinski definition) is 2. The molecule has 0 fully saturated rings. The SMILES string of the molecule is CC(C)(O)c1ccnc(C(N)=NCc2ccc(C(C)(F)F)cc2)c1. The van der Waals surface area contributed by atoms with Gasteiger partial charge in [0.25, 0.3) is 5.92 Å². The quantitative estimate of drug-likeness (QED) is 0.651. The van der Waals surface area contributed by atoms with Crippen LogP contribution in [0.3, 0.4) is 0 Å². The number of pyridine rings is 1. The van der Waals surface area contributed by atoms with E-state index in [9.17, 15) is 13.9 Å². The van der Waals surface area contributed by atoms with Gasteiger partial charge in [0, 0.05) is 18.7 Å². The topological polar surface area (TPSA) is 71.5 Å². The molecule has 0 aliphatic carbocycles. The van der Waals surface area contributed by atoms with Crippen molar-refractivity contribution in [3.8, 4) is 0 Å². The lowest BCUT2D eigenvalue weighted by molar-refractivity contribution is 0.0174. The van der Waals surface area contributed by atoms with E-state index in [4.69, 9.17) is 5.73 Å². The van der Waals surface area contributed by atoms with Crippen molar-refractivity contribution in [2.45, 2.75) is 38.8 Å². The van der Waals surface area contributed by atoms with Gasteiger partial charge in [0.15, 0.2) is 0 Å². The Morgan fingerprint density at radius 2 is 1.75 bits per heavy atom. The Hall–Kier alpha value is -2.34. The van der Waals surface area contributed by atoms with Crippen molar-refractivity contribution in [1.29, 1.82) is 0 Å². The standard InChI is InChI=1S/C18H21F2N3O/c1-17(2,24)14-8-9-22-15(10-14)16(21)23-11-12-4-6-13(7-5-12)18(3,19)20/h4-10,24H,11H2,1-3H3,(H2,21,23). The number of rotatable bonds is 5. The monoisotopic (exact) mass is 333 g/mol. The highest BCUT2D eigenvalue weighted by molar-refractivity contribution is 5.95. The summed E-state index contributed by atoms with van der Waals surface area (Å²) < 4.78 is 26.4. The average Bonchev–Trinajstić information content (AvgIpc) is 2.51. The molecule has 0 atom stereocenters. The second-order valence-corrected chi connectivity index (χ2v) is 6.28. The molecule has 2 rings (SSSR count). The van der Waals surface area contributed by atoms with Crippen LogP contribution in [-0.2, 0) is 18.1 Å². The maximum Gasteiger partial charge on any atom is 0.270 e. The van der Waals surface area contributed by atoms with Crippen LogP contribution < -0.4 is 5.73 Å². The predicted octanol–water partition coefficient (Wildman–Crippen LogP) is 3.33. The molecule has 0 saturated heterocycles. The first kappa shape index (κ1) is 18.0. The van der Waals surface area contributed by atoms with Crippen LogP contribution in [0.2, 0.25) is 0 Å². The normalized spacial score (nSPS) is 13.2. The molecule has 1 aromatic carbocycles. The van der Waals surface area contributed by atoms with E-state index in [2.05, 4.69) is 9.98 Å². The first-order valence-electron chi connectivity index (χ1n) is 7.54. The molecule has 1 heterocycles. The lowest BCUT2D eigenvalue weighted by Crippen LogP contribution is -2.20. The van der Waals surface area contributed by atoms with Crippen LogP contribution in [0.1, 0.15) is 43.2 Å². The Morgan fingerprint density at radius 3 is 2.29 bits per heavy atom. The van der Waals surface area contributed by atoms with Gasteiger partial charge in [-0.2, -0.15) is 0 Å². The molecular weight excluding hydrogens is 312 g/mol. The fourth-order valence-electron chi connectivity index (χ4n) is 2.11. The third-order valence-corrected chi connectivity index (χ3v) is 3.62. The van der Waals surface area contributed by atoms with Crippen molar-refractivity contribution in [3.05, 3.63) is 65.0 Å². The summed E-state index contributed by atoms with van der Waals surface area (Å²) >= 11 is 0. The summed E-state index contributed by atoms with van der Waals surface area (Å²) in [7, 11) is 0. The van der Waals surface area contributed by atoms with E-state index in [1.54, 1.807) is 44.3 Å². The minimum atomic E-state index is -2.86. The number of alkyl halides is 2. The Morgan fingerprint density at radius 1 is 1.12 bits per heavy atom. The summed E-state index contributed by atoms with van der Waals surface area (Å²) in [6, 6.07) is 9.36. The number of amidine groups is 1. The fraction of sp³-hybridized carbons (Fsp3) is 0.333. The summed E-state index contributed by atoms with van der Waals surface area (Å²) in [6.07, 6.45) is 1.56. The lowest BCUT2D eigenvalue weighted by Gasteiger charge is -2.17. The predicted molar refractivity (Wildman–Crippen MR) is 89.9 cm³/mol. The smallest absolute Gasteiger partial charge is 0.270 e. The van der Waals surface area contributed by atoms with E-state index in [1.165, 1.54) is 12.1 Å². The highest BCUT2D eigenvalue weighted by atomic mass is 19.3. The number of aromatic nitrogens is 1. The van der Waals surface area contributed by atoms with Crippen LogP contribution >= 0.6 is 0 Å². The number of nitrogens with zero attached hydrogens (tertiary/aromatic N) is 2. The summed E-state index contributed by atoms with van der Waals surface area (Å²) in [5.74, 6) is -2.63. The minimum Gasteiger partial charge on any atom is -0.386 e. The van der Waals surface area contributed by atoms with Crippen molar-refractivity contribution in [1.82, 2.24) is 4.98 Å². The molecule has 1 aromatic heterocycles. The van der Waals surface area contributed by atoms with Gasteiger partial charge in [-0.3, -0.25) is 9.98 Å². The number of aliphatic imine (C=N–C) groups is 1. The Bertz CT molecular complexity index is 729. The molecule has 0 amide bonds. The van der Waals surface area contributed by atoms with Gasteiger partial charge in [-0.05, 0) is 37.1 Å². The van der Waals surface area contributed by atoms with Crippen LogP contribution in [0.5, 0.6) is 0 Å². The largest absolute Gasteiger partial charge is 0.386 e. The summed E-state index contributed by atoms with van der Waals surface area (Å²) in [5, 5.41) is 10.0. The molecule has 0 aliphatic rings. The number of halogens is 2. The third-order valence-electron chi connectivity index (χ3n) is 3.62. The molecule has 0 bridgehead atoms. The molecule has 0 saturated carbocycles. The van der Waals surface area contributed by atoms with E-state index in [0.717, 1.165) is 12.5 Å². The van der Waals surface area contributed by atoms with Crippen molar-refractivity contribution >= 4 is 5.84 Å². The zero-order valence-electron chi connectivity index (χ0n) is 13.9. The molecule has 2 aromatic rings. The van der Waals surface area contributed by atoms with E-state index in [0.29, 0.717) is 11.3 Å². The molecule has 0 spiro atoms. The van der Waals surface area contributed by atoms with E-state index >= 15 is 0 Å². The van der Waals surface area contributed by atoms with Gasteiger partial charge < -0.3 is 10.8 Å². The van der Waals surface area contributed by atoms with E-state index < -0.39 is 11.5 Å². The first-order valence-corrected chi connectivity index (χ1v) is 7.54. The van der Waals surface area contributed by atoms with Crippen LogP contribution in [0.25, 0.3) is 0 Å². The Balaban J connectivity index is 2.15. The summed E-state index contributed by atoms with van der Waals surface area (Å²) in [4.78, 5) is 8.39. The van der Waals surface area contributed by atoms with Gasteiger partial charge in [0.1, 0.15) is 11.5 Å². The summed E-state index contributed by atoms with van der Waals surface area (Å²) in [5.41, 5.74) is 6.81. The van der Waals surface area contributed by atoms with Crippen LogP contribution in [0, 0.1) is 0 Å². The molecular formula is C18H21F2N3O. The highest BCUT2D eigenvalue weighted by Crippen LogP contribution is 2.26. The first-order chi connectivity index (χ1) is 11.1. The van der Waals surface area contributed by atoms with Crippen molar-refractivity contribution < 1.29 is 13.9 Å². The molecule has 128 valence electrons. The van der Waals surface area contributed by atoms with Gasteiger partial charge >= 0.3 is 0 Å².